The van der Waals surface area contributed by atoms with Crippen LogP contribution < -0.4 is 0 Å². The lowest BCUT2D eigenvalue weighted by Gasteiger charge is -2.02. The second-order valence-corrected chi connectivity index (χ2v) is 7.37. The first-order valence-electron chi connectivity index (χ1n) is 10.9. The van der Waals surface area contributed by atoms with E-state index in [1.54, 1.807) is 6.20 Å². The van der Waals surface area contributed by atoms with Gasteiger partial charge in [0.2, 0.25) is 0 Å². The molecule has 0 bridgehead atoms. The third-order valence-corrected chi connectivity index (χ3v) is 4.82. The molecule has 146 valence electrons. The van der Waals surface area contributed by atoms with E-state index in [1.165, 1.54) is 77.0 Å². The highest BCUT2D eigenvalue weighted by Crippen LogP contribution is 2.10. The van der Waals surface area contributed by atoms with Crippen molar-refractivity contribution in [3.05, 3.63) is 42.2 Å². The van der Waals surface area contributed by atoms with Crippen LogP contribution >= 0.6 is 0 Å². The van der Waals surface area contributed by atoms with E-state index >= 15 is 0 Å². The molecule has 1 aromatic rings. The molecule has 0 unspecified atom stereocenters. The number of pyridine rings is 1. The van der Waals surface area contributed by atoms with Gasteiger partial charge in [0.25, 0.3) is 0 Å². The maximum atomic E-state index is 11.9. The number of ketones is 1. The smallest absolute Gasteiger partial charge is 0.138 e. The first kappa shape index (κ1) is 22.6. The lowest BCUT2D eigenvalue weighted by Crippen LogP contribution is -2.03. The van der Waals surface area contributed by atoms with E-state index in [2.05, 4.69) is 24.1 Å². The first-order chi connectivity index (χ1) is 12.8. The molecule has 0 aliphatic carbocycles. The molecule has 0 N–H and O–H groups in total. The van der Waals surface area contributed by atoms with E-state index in [1.807, 2.05) is 18.2 Å². The molecule has 26 heavy (non-hydrogen) atoms. The summed E-state index contributed by atoms with van der Waals surface area (Å²) in [5.41, 5.74) is 0.894. The van der Waals surface area contributed by atoms with Crippen LogP contribution in [0.2, 0.25) is 0 Å². The van der Waals surface area contributed by atoms with Gasteiger partial charge in [-0.3, -0.25) is 9.78 Å². The highest BCUT2D eigenvalue weighted by atomic mass is 16.1. The summed E-state index contributed by atoms with van der Waals surface area (Å²) in [6.45, 7) is 2.27. The Kier molecular flexibility index (Phi) is 14.8. The minimum absolute atomic E-state index is 0.321. The van der Waals surface area contributed by atoms with Crippen molar-refractivity contribution >= 4 is 5.78 Å². The van der Waals surface area contributed by atoms with Crippen molar-refractivity contribution in [1.29, 1.82) is 0 Å². The van der Waals surface area contributed by atoms with Gasteiger partial charge in [0.15, 0.2) is 0 Å². The van der Waals surface area contributed by atoms with Crippen LogP contribution in [0.15, 0.2) is 36.5 Å². The number of aromatic nitrogens is 1. The summed E-state index contributed by atoms with van der Waals surface area (Å²) < 4.78 is 0. The number of hydrogen-bond acceptors (Lipinski definition) is 2. The second-order valence-electron chi connectivity index (χ2n) is 7.37. The number of nitrogens with zero attached hydrogens (tertiary/aromatic N) is 1. The second kappa shape index (κ2) is 17.0. The highest BCUT2D eigenvalue weighted by Gasteiger charge is 2.04. The third kappa shape index (κ3) is 13.8. The molecule has 1 rings (SSSR count). The molecule has 0 aliphatic rings. The molecule has 0 saturated heterocycles. The van der Waals surface area contributed by atoms with Crippen molar-refractivity contribution in [2.75, 3.05) is 0 Å². The molecular formula is C24H39NO. The number of rotatable bonds is 17. The van der Waals surface area contributed by atoms with Crippen molar-refractivity contribution in [2.45, 2.75) is 103 Å². The average Bonchev–Trinajstić information content (AvgIpc) is 2.65. The number of hydrogen-bond donors (Lipinski definition) is 0. The monoisotopic (exact) mass is 357 g/mol. The largest absolute Gasteiger partial charge is 0.299 e. The van der Waals surface area contributed by atoms with E-state index in [-0.39, 0.29) is 0 Å². The zero-order valence-corrected chi connectivity index (χ0v) is 16.9. The summed E-state index contributed by atoms with van der Waals surface area (Å²) in [4.78, 5) is 16.1. The van der Waals surface area contributed by atoms with E-state index in [4.69, 9.17) is 0 Å². The molecule has 0 aliphatic heterocycles. The molecule has 0 radical (unpaired) electrons. The molecule has 1 aromatic heterocycles. The van der Waals surface area contributed by atoms with Crippen LogP contribution in [-0.2, 0) is 11.2 Å². The van der Waals surface area contributed by atoms with Gasteiger partial charge >= 0.3 is 0 Å². The van der Waals surface area contributed by atoms with Crippen LogP contribution in [0.3, 0.4) is 0 Å². The van der Waals surface area contributed by atoms with Gasteiger partial charge in [0.05, 0.1) is 0 Å². The van der Waals surface area contributed by atoms with Gasteiger partial charge in [-0.05, 0) is 44.2 Å². The Balaban J connectivity index is 1.83. The van der Waals surface area contributed by atoms with Crippen molar-refractivity contribution in [1.82, 2.24) is 4.98 Å². The van der Waals surface area contributed by atoms with E-state index in [0.29, 0.717) is 18.6 Å². The van der Waals surface area contributed by atoms with Gasteiger partial charge in [0.1, 0.15) is 5.78 Å². The van der Waals surface area contributed by atoms with Crippen molar-refractivity contribution in [3.63, 3.8) is 0 Å². The third-order valence-electron chi connectivity index (χ3n) is 4.82. The zero-order valence-electron chi connectivity index (χ0n) is 16.9. The number of allylic oxidation sites excluding steroid dienone is 2. The maximum Gasteiger partial charge on any atom is 0.138 e. The highest BCUT2D eigenvalue weighted by molar-refractivity contribution is 5.80. The Morgan fingerprint density at radius 1 is 0.846 bits per heavy atom. The summed E-state index contributed by atoms with van der Waals surface area (Å²) in [6.07, 6.45) is 24.5. The fraction of sp³-hybridized carbons (Fsp3) is 0.667. The molecule has 0 spiro atoms. The Bertz CT molecular complexity index is 466. The first-order valence-corrected chi connectivity index (χ1v) is 10.9. The molecule has 0 amide bonds. The number of Topliss-reactive ketones (excluding diaryl/α,β-unsaturated/α-hetero) is 1. The van der Waals surface area contributed by atoms with E-state index in [9.17, 15) is 4.79 Å². The van der Waals surface area contributed by atoms with Crippen molar-refractivity contribution in [2.24, 2.45) is 0 Å². The van der Waals surface area contributed by atoms with E-state index < -0.39 is 0 Å². The lowest BCUT2D eigenvalue weighted by molar-refractivity contribution is -0.118. The standard InChI is InChI=1S/C24H39NO/c1-2-3-4-5-6-7-8-9-10-11-12-13-14-15-16-20-24(26)22-23-19-17-18-21-25-23/h9-10,17-19,21H,2-8,11-16,20,22H2,1H3/b10-9-. The van der Waals surface area contributed by atoms with Crippen LogP contribution in [0.5, 0.6) is 0 Å². The summed E-state index contributed by atoms with van der Waals surface area (Å²) in [5, 5.41) is 0. The van der Waals surface area contributed by atoms with E-state index in [0.717, 1.165) is 12.1 Å². The minimum atomic E-state index is 0.321. The number of carbonyl (C=O) groups excluding carboxylic acids is 1. The average molecular weight is 358 g/mol. The summed E-state index contributed by atoms with van der Waals surface area (Å²) in [6, 6.07) is 5.76. The Hall–Kier alpha value is -1.44. The Morgan fingerprint density at radius 3 is 2.08 bits per heavy atom. The van der Waals surface area contributed by atoms with Gasteiger partial charge in [-0.1, -0.05) is 76.5 Å². The summed E-state index contributed by atoms with van der Waals surface area (Å²) in [7, 11) is 0. The minimum Gasteiger partial charge on any atom is -0.299 e. The van der Waals surface area contributed by atoms with Gasteiger partial charge in [-0.15, -0.1) is 0 Å². The molecule has 2 nitrogen and oxygen atoms in total. The van der Waals surface area contributed by atoms with Gasteiger partial charge in [-0.25, -0.2) is 0 Å². The fourth-order valence-corrected chi connectivity index (χ4v) is 3.19. The summed E-state index contributed by atoms with van der Waals surface area (Å²) in [5.74, 6) is 0.321. The molecule has 0 aromatic carbocycles. The van der Waals surface area contributed by atoms with Crippen LogP contribution in [0.4, 0.5) is 0 Å². The quantitative estimate of drug-likeness (QED) is 0.217. The van der Waals surface area contributed by atoms with Crippen LogP contribution in [0.1, 0.15) is 103 Å². The van der Waals surface area contributed by atoms with Crippen molar-refractivity contribution < 1.29 is 4.79 Å². The molecule has 0 fully saturated rings. The predicted molar refractivity (Wildman–Crippen MR) is 112 cm³/mol. The Morgan fingerprint density at radius 2 is 1.46 bits per heavy atom. The van der Waals surface area contributed by atoms with Crippen LogP contribution in [0, 0.1) is 0 Å². The van der Waals surface area contributed by atoms with Gasteiger partial charge in [-0.2, -0.15) is 0 Å². The molecular weight excluding hydrogens is 318 g/mol. The Labute approximate surface area is 161 Å². The molecule has 0 saturated carbocycles. The topological polar surface area (TPSA) is 30.0 Å². The van der Waals surface area contributed by atoms with Crippen LogP contribution in [-0.4, -0.2) is 10.8 Å². The number of carbonyl (C=O) groups is 1. The number of unbranched alkanes of at least 4 members (excludes halogenated alkanes) is 11. The molecule has 1 heterocycles. The normalized spacial score (nSPS) is 11.3. The SMILES string of the molecule is CCCCCCCC/C=C\CCCCCCCC(=O)Cc1ccccn1. The zero-order chi connectivity index (χ0) is 18.7. The predicted octanol–water partition coefficient (Wildman–Crippen LogP) is 7.23. The fourth-order valence-electron chi connectivity index (χ4n) is 3.19. The maximum absolute atomic E-state index is 11.9. The van der Waals surface area contributed by atoms with Gasteiger partial charge < -0.3 is 0 Å². The van der Waals surface area contributed by atoms with Crippen molar-refractivity contribution in [3.8, 4) is 0 Å². The van der Waals surface area contributed by atoms with Crippen LogP contribution in [0.25, 0.3) is 0 Å². The van der Waals surface area contributed by atoms with Gasteiger partial charge in [0, 0.05) is 24.7 Å². The molecule has 0 atom stereocenters. The summed E-state index contributed by atoms with van der Waals surface area (Å²) >= 11 is 0. The lowest BCUT2D eigenvalue weighted by atomic mass is 10.0. The molecule has 2 heteroatoms.